The fourth-order valence-electron chi connectivity index (χ4n) is 1.33. The molecule has 5 nitrogen and oxygen atoms in total. The van der Waals surface area contributed by atoms with Crippen molar-refractivity contribution in [2.75, 3.05) is 11.1 Å². The van der Waals surface area contributed by atoms with Crippen molar-refractivity contribution in [2.24, 2.45) is 0 Å². The second kappa shape index (κ2) is 4.47. The molecule has 6 heteroatoms. The molecular formula is C11H10ClN3O2. The highest BCUT2D eigenvalue weighted by atomic mass is 35.5. The zero-order valence-electron chi connectivity index (χ0n) is 9.03. The Bertz CT molecular complexity index is 566. The number of nitrogens with zero attached hydrogens (tertiary/aromatic N) is 1. The first kappa shape index (κ1) is 11.5. The van der Waals surface area contributed by atoms with Gasteiger partial charge in [-0.2, -0.15) is 0 Å². The molecule has 3 N–H and O–H groups in total. The van der Waals surface area contributed by atoms with Crippen molar-refractivity contribution in [3.8, 4) is 0 Å². The van der Waals surface area contributed by atoms with Crippen LogP contribution in [0.4, 0.5) is 11.5 Å². The van der Waals surface area contributed by atoms with Crippen molar-refractivity contribution < 1.29 is 9.32 Å². The molecular weight excluding hydrogens is 242 g/mol. The van der Waals surface area contributed by atoms with Gasteiger partial charge in [0, 0.05) is 11.8 Å². The fourth-order valence-corrected chi connectivity index (χ4v) is 1.53. The van der Waals surface area contributed by atoms with Crippen LogP contribution in [-0.2, 0) is 0 Å². The van der Waals surface area contributed by atoms with E-state index in [1.165, 1.54) is 6.07 Å². The largest absolute Gasteiger partial charge is 0.399 e. The minimum Gasteiger partial charge on any atom is -0.399 e. The van der Waals surface area contributed by atoms with Gasteiger partial charge in [-0.05, 0) is 25.1 Å². The average Bonchev–Trinajstić information content (AvgIpc) is 2.67. The van der Waals surface area contributed by atoms with E-state index in [4.69, 9.17) is 21.9 Å². The molecule has 1 aromatic carbocycles. The molecule has 0 saturated carbocycles. The van der Waals surface area contributed by atoms with Crippen LogP contribution in [0.25, 0.3) is 0 Å². The van der Waals surface area contributed by atoms with E-state index in [9.17, 15) is 4.79 Å². The molecule has 0 atom stereocenters. The molecule has 17 heavy (non-hydrogen) atoms. The number of amides is 1. The molecule has 0 aliphatic heterocycles. The summed E-state index contributed by atoms with van der Waals surface area (Å²) in [5.74, 6) is 0.570. The first-order valence-electron chi connectivity index (χ1n) is 4.86. The van der Waals surface area contributed by atoms with Gasteiger partial charge >= 0.3 is 0 Å². The van der Waals surface area contributed by atoms with Crippen LogP contribution in [0.15, 0.2) is 28.8 Å². The molecule has 2 aromatic rings. The van der Waals surface area contributed by atoms with Crippen molar-refractivity contribution in [3.05, 3.63) is 40.6 Å². The Kier molecular flexibility index (Phi) is 3.01. The topological polar surface area (TPSA) is 81.2 Å². The first-order valence-corrected chi connectivity index (χ1v) is 5.24. The van der Waals surface area contributed by atoms with Crippen LogP contribution >= 0.6 is 11.6 Å². The Morgan fingerprint density at radius 1 is 1.47 bits per heavy atom. The summed E-state index contributed by atoms with van der Waals surface area (Å²) in [6.45, 7) is 1.73. The summed E-state index contributed by atoms with van der Waals surface area (Å²) in [5.41, 5.74) is 6.36. The number of nitrogens with two attached hydrogens (primary N) is 1. The molecule has 1 amide bonds. The van der Waals surface area contributed by atoms with Gasteiger partial charge in [-0.15, -0.1) is 0 Å². The molecule has 88 valence electrons. The van der Waals surface area contributed by atoms with Gasteiger partial charge < -0.3 is 15.6 Å². The van der Waals surface area contributed by atoms with E-state index in [1.807, 2.05) is 0 Å². The van der Waals surface area contributed by atoms with Crippen LogP contribution in [0, 0.1) is 6.92 Å². The minimum atomic E-state index is -0.379. The Morgan fingerprint density at radius 2 is 2.24 bits per heavy atom. The number of nitrogens with one attached hydrogen (secondary N) is 1. The smallest absolute Gasteiger partial charge is 0.258 e. The lowest BCUT2D eigenvalue weighted by Crippen LogP contribution is -2.13. The van der Waals surface area contributed by atoms with Gasteiger partial charge in [0.2, 0.25) is 0 Å². The molecule has 0 aliphatic carbocycles. The van der Waals surface area contributed by atoms with Gasteiger partial charge in [-0.25, -0.2) is 0 Å². The predicted octanol–water partition coefficient (Wildman–Crippen LogP) is 2.47. The van der Waals surface area contributed by atoms with Crippen LogP contribution in [0.2, 0.25) is 5.02 Å². The standard InChI is InChI=1S/C11H10ClN3O2/c1-6-4-10(15-17-6)14-11(16)8-5-7(13)2-3-9(8)12/h2-5H,13H2,1H3,(H,14,15,16). The lowest BCUT2D eigenvalue weighted by atomic mass is 10.2. The highest BCUT2D eigenvalue weighted by molar-refractivity contribution is 6.34. The SMILES string of the molecule is Cc1cc(NC(=O)c2cc(N)ccc2Cl)no1. The van der Waals surface area contributed by atoms with Gasteiger partial charge in [0.1, 0.15) is 5.76 Å². The van der Waals surface area contributed by atoms with E-state index in [0.29, 0.717) is 27.9 Å². The van der Waals surface area contributed by atoms with Gasteiger partial charge in [0.15, 0.2) is 5.82 Å². The Balaban J connectivity index is 2.22. The van der Waals surface area contributed by atoms with E-state index in [-0.39, 0.29) is 5.91 Å². The fraction of sp³-hybridized carbons (Fsp3) is 0.0909. The lowest BCUT2D eigenvalue weighted by Gasteiger charge is -2.04. The third-order valence-electron chi connectivity index (χ3n) is 2.10. The van der Waals surface area contributed by atoms with Crippen LogP contribution in [-0.4, -0.2) is 11.1 Å². The van der Waals surface area contributed by atoms with Crippen molar-refractivity contribution in [3.63, 3.8) is 0 Å². The highest BCUT2D eigenvalue weighted by Gasteiger charge is 2.12. The summed E-state index contributed by atoms with van der Waals surface area (Å²) in [6.07, 6.45) is 0. The average molecular weight is 252 g/mol. The summed E-state index contributed by atoms with van der Waals surface area (Å²) >= 11 is 5.90. The zero-order chi connectivity index (χ0) is 12.4. The molecule has 0 fully saturated rings. The Labute approximate surface area is 103 Å². The van der Waals surface area contributed by atoms with Crippen molar-refractivity contribution in [1.29, 1.82) is 0 Å². The van der Waals surface area contributed by atoms with E-state index in [0.717, 1.165) is 0 Å². The summed E-state index contributed by atoms with van der Waals surface area (Å²) < 4.78 is 4.83. The summed E-state index contributed by atoms with van der Waals surface area (Å²) in [4.78, 5) is 11.9. The molecule has 0 saturated heterocycles. The number of carbonyl (C=O) groups excluding carboxylic acids is 1. The van der Waals surface area contributed by atoms with Crippen LogP contribution in [0.1, 0.15) is 16.1 Å². The number of hydrogen-bond acceptors (Lipinski definition) is 4. The third kappa shape index (κ3) is 2.57. The van der Waals surface area contributed by atoms with Crippen molar-refractivity contribution >= 4 is 29.0 Å². The molecule has 1 heterocycles. The summed E-state index contributed by atoms with van der Waals surface area (Å²) in [5, 5.41) is 6.55. The van der Waals surface area contributed by atoms with Gasteiger partial charge in [0.05, 0.1) is 10.6 Å². The number of halogens is 1. The quantitative estimate of drug-likeness (QED) is 0.804. The number of aryl methyl sites for hydroxylation is 1. The molecule has 0 bridgehead atoms. The number of benzene rings is 1. The molecule has 0 unspecified atom stereocenters. The number of nitrogen functional groups attached to an aromatic ring is 1. The molecule has 2 rings (SSSR count). The first-order chi connectivity index (χ1) is 8.06. The highest BCUT2D eigenvalue weighted by Crippen LogP contribution is 2.20. The van der Waals surface area contributed by atoms with Crippen molar-refractivity contribution in [2.45, 2.75) is 6.92 Å². The van der Waals surface area contributed by atoms with Gasteiger partial charge in [-0.1, -0.05) is 16.8 Å². The van der Waals surface area contributed by atoms with E-state index < -0.39 is 0 Å². The van der Waals surface area contributed by atoms with Crippen LogP contribution < -0.4 is 11.1 Å². The minimum absolute atomic E-state index is 0.298. The second-order valence-electron chi connectivity index (χ2n) is 3.52. The summed E-state index contributed by atoms with van der Waals surface area (Å²) in [6, 6.07) is 6.31. The van der Waals surface area contributed by atoms with E-state index in [2.05, 4.69) is 10.5 Å². The van der Waals surface area contributed by atoms with Crippen LogP contribution in [0.5, 0.6) is 0 Å². The number of anilines is 2. The molecule has 1 aromatic heterocycles. The lowest BCUT2D eigenvalue weighted by molar-refractivity contribution is 0.102. The Hall–Kier alpha value is -2.01. The molecule has 0 spiro atoms. The number of hydrogen-bond donors (Lipinski definition) is 2. The van der Waals surface area contributed by atoms with E-state index in [1.54, 1.807) is 25.1 Å². The second-order valence-corrected chi connectivity index (χ2v) is 3.92. The van der Waals surface area contributed by atoms with Crippen LogP contribution in [0.3, 0.4) is 0 Å². The number of carbonyl (C=O) groups is 1. The molecule has 0 radical (unpaired) electrons. The Morgan fingerprint density at radius 3 is 2.88 bits per heavy atom. The monoisotopic (exact) mass is 251 g/mol. The summed E-state index contributed by atoms with van der Waals surface area (Å²) in [7, 11) is 0. The maximum absolute atomic E-state index is 11.9. The molecule has 0 aliphatic rings. The maximum atomic E-state index is 11.9. The zero-order valence-corrected chi connectivity index (χ0v) is 9.78. The third-order valence-corrected chi connectivity index (χ3v) is 2.43. The predicted molar refractivity (Wildman–Crippen MR) is 65.1 cm³/mol. The maximum Gasteiger partial charge on any atom is 0.258 e. The van der Waals surface area contributed by atoms with Gasteiger partial charge in [0.25, 0.3) is 5.91 Å². The number of rotatable bonds is 2. The van der Waals surface area contributed by atoms with E-state index >= 15 is 0 Å². The van der Waals surface area contributed by atoms with Crippen molar-refractivity contribution in [1.82, 2.24) is 5.16 Å². The number of aromatic nitrogens is 1. The van der Waals surface area contributed by atoms with Gasteiger partial charge in [-0.3, -0.25) is 4.79 Å². The normalized spacial score (nSPS) is 10.2.